The molecule has 1 aromatic heterocycles. The summed E-state index contributed by atoms with van der Waals surface area (Å²) in [5.74, 6) is -0.602. The Morgan fingerprint density at radius 1 is 1.00 bits per heavy atom. The Morgan fingerprint density at radius 3 is 2.31 bits per heavy atom. The minimum absolute atomic E-state index is 0.0869. The molecule has 1 amide bonds. The summed E-state index contributed by atoms with van der Waals surface area (Å²) < 4.78 is 10.6. The molecule has 0 radical (unpaired) electrons. The first-order chi connectivity index (χ1) is 12.5. The number of halogens is 1. The maximum Gasteiger partial charge on any atom is 0.371 e. The van der Waals surface area contributed by atoms with Gasteiger partial charge in [0, 0.05) is 16.3 Å². The molecule has 3 rings (SSSR count). The molecule has 3 aromatic rings. The van der Waals surface area contributed by atoms with Crippen LogP contribution in [-0.4, -0.2) is 17.0 Å². The van der Waals surface area contributed by atoms with Crippen LogP contribution in [0.2, 0.25) is 5.02 Å². The molecule has 0 fully saturated rings. The molecular weight excluding hydrogens is 358 g/mol. The molecule has 6 nitrogen and oxygen atoms in total. The molecule has 0 atom stereocenters. The summed E-state index contributed by atoms with van der Waals surface area (Å²) in [7, 11) is 0. The lowest BCUT2D eigenvalue weighted by atomic mass is 10.2. The number of furan rings is 1. The van der Waals surface area contributed by atoms with Crippen LogP contribution in [0.5, 0.6) is 5.75 Å². The number of carboxylic acid groups (broad SMARTS) is 1. The quantitative estimate of drug-likeness (QED) is 0.667. The zero-order valence-electron chi connectivity index (χ0n) is 13.4. The average Bonchev–Trinajstić information content (AvgIpc) is 3.12. The highest BCUT2D eigenvalue weighted by molar-refractivity contribution is 6.30. The molecule has 0 saturated carbocycles. The standard InChI is InChI=1S/C19H14ClNO5/c20-13-3-5-14(6-4-13)21-18(22)12-1-7-15(8-2-12)25-11-16-9-10-17(26-16)19(23)24/h1-10H,11H2,(H,21,22)(H,23,24). The predicted octanol–water partition coefficient (Wildman–Crippen LogP) is 4.46. The van der Waals surface area contributed by atoms with Crippen LogP contribution in [0.4, 0.5) is 5.69 Å². The van der Waals surface area contributed by atoms with Crippen molar-refractivity contribution in [2.75, 3.05) is 5.32 Å². The lowest BCUT2D eigenvalue weighted by Crippen LogP contribution is -2.11. The van der Waals surface area contributed by atoms with E-state index in [-0.39, 0.29) is 18.3 Å². The maximum absolute atomic E-state index is 12.2. The molecule has 0 spiro atoms. The Bertz CT molecular complexity index is 916. The second-order valence-corrected chi connectivity index (χ2v) is 5.78. The fourth-order valence-corrected chi connectivity index (χ4v) is 2.29. The number of ether oxygens (including phenoxy) is 1. The first-order valence-electron chi connectivity index (χ1n) is 7.63. The van der Waals surface area contributed by atoms with E-state index in [9.17, 15) is 9.59 Å². The number of nitrogens with one attached hydrogen (secondary N) is 1. The number of hydrogen-bond donors (Lipinski definition) is 2. The van der Waals surface area contributed by atoms with Crippen molar-refractivity contribution in [3.8, 4) is 5.75 Å². The van der Waals surface area contributed by atoms with Gasteiger partial charge >= 0.3 is 5.97 Å². The summed E-state index contributed by atoms with van der Waals surface area (Å²) in [6.45, 7) is 0.0869. The van der Waals surface area contributed by atoms with Crippen molar-refractivity contribution in [3.63, 3.8) is 0 Å². The van der Waals surface area contributed by atoms with Crippen LogP contribution >= 0.6 is 11.6 Å². The topological polar surface area (TPSA) is 88.8 Å². The summed E-state index contributed by atoms with van der Waals surface area (Å²) in [5, 5.41) is 12.2. The summed E-state index contributed by atoms with van der Waals surface area (Å²) >= 11 is 5.81. The Balaban J connectivity index is 1.57. The van der Waals surface area contributed by atoms with Crippen molar-refractivity contribution in [2.24, 2.45) is 0 Å². The van der Waals surface area contributed by atoms with Crippen molar-refractivity contribution in [3.05, 3.63) is 82.8 Å². The molecule has 0 aliphatic rings. The molecule has 0 unspecified atom stereocenters. The number of carboxylic acids is 1. The highest BCUT2D eigenvalue weighted by atomic mass is 35.5. The third-order valence-corrected chi connectivity index (χ3v) is 3.72. The van der Waals surface area contributed by atoms with Crippen LogP contribution in [0.15, 0.2) is 65.1 Å². The van der Waals surface area contributed by atoms with Gasteiger partial charge in [-0.15, -0.1) is 0 Å². The highest BCUT2D eigenvalue weighted by Crippen LogP contribution is 2.18. The Hall–Kier alpha value is -3.25. The fourth-order valence-electron chi connectivity index (χ4n) is 2.16. The van der Waals surface area contributed by atoms with Gasteiger partial charge in [0.15, 0.2) is 0 Å². The number of amides is 1. The Morgan fingerprint density at radius 2 is 1.69 bits per heavy atom. The Kier molecular flexibility index (Phi) is 5.24. The van der Waals surface area contributed by atoms with Crippen LogP contribution in [-0.2, 0) is 6.61 Å². The molecule has 0 aliphatic carbocycles. The normalized spacial score (nSPS) is 10.3. The zero-order chi connectivity index (χ0) is 18.5. The van der Waals surface area contributed by atoms with Gasteiger partial charge in [-0.25, -0.2) is 4.79 Å². The lowest BCUT2D eigenvalue weighted by Gasteiger charge is -2.07. The molecular formula is C19H14ClNO5. The average molecular weight is 372 g/mol. The van der Waals surface area contributed by atoms with E-state index in [1.54, 1.807) is 48.5 Å². The largest absolute Gasteiger partial charge is 0.486 e. The van der Waals surface area contributed by atoms with Crippen molar-refractivity contribution < 1.29 is 23.8 Å². The maximum atomic E-state index is 12.2. The fraction of sp³-hybridized carbons (Fsp3) is 0.0526. The number of aromatic carboxylic acids is 1. The number of hydrogen-bond acceptors (Lipinski definition) is 4. The molecule has 0 saturated heterocycles. The van der Waals surface area contributed by atoms with Gasteiger partial charge in [0.05, 0.1) is 0 Å². The monoisotopic (exact) mass is 371 g/mol. The van der Waals surface area contributed by atoms with Gasteiger partial charge in [0.25, 0.3) is 5.91 Å². The van der Waals surface area contributed by atoms with Crippen LogP contribution < -0.4 is 10.1 Å². The number of rotatable bonds is 6. The lowest BCUT2D eigenvalue weighted by molar-refractivity contribution is 0.0658. The third-order valence-electron chi connectivity index (χ3n) is 3.47. The van der Waals surface area contributed by atoms with E-state index in [0.717, 1.165) is 0 Å². The van der Waals surface area contributed by atoms with E-state index in [0.29, 0.717) is 27.8 Å². The molecule has 7 heteroatoms. The second kappa shape index (κ2) is 7.76. The van der Waals surface area contributed by atoms with Gasteiger partial charge in [-0.1, -0.05) is 11.6 Å². The number of benzene rings is 2. The van der Waals surface area contributed by atoms with Gasteiger partial charge < -0.3 is 19.6 Å². The van der Waals surface area contributed by atoms with Crippen molar-refractivity contribution in [1.82, 2.24) is 0 Å². The predicted molar refractivity (Wildman–Crippen MR) is 95.8 cm³/mol. The first kappa shape index (κ1) is 17.6. The van der Waals surface area contributed by atoms with Gasteiger partial charge in [-0.3, -0.25) is 4.79 Å². The van der Waals surface area contributed by atoms with Crippen LogP contribution in [0.3, 0.4) is 0 Å². The van der Waals surface area contributed by atoms with E-state index in [1.165, 1.54) is 12.1 Å². The minimum Gasteiger partial charge on any atom is -0.486 e. The summed E-state index contributed by atoms with van der Waals surface area (Å²) in [5.41, 5.74) is 1.12. The van der Waals surface area contributed by atoms with Crippen molar-refractivity contribution in [1.29, 1.82) is 0 Å². The highest BCUT2D eigenvalue weighted by Gasteiger charge is 2.10. The van der Waals surface area contributed by atoms with E-state index < -0.39 is 5.97 Å². The molecule has 1 heterocycles. The van der Waals surface area contributed by atoms with Crippen LogP contribution in [0.1, 0.15) is 26.7 Å². The van der Waals surface area contributed by atoms with E-state index in [2.05, 4.69) is 5.32 Å². The molecule has 26 heavy (non-hydrogen) atoms. The van der Waals surface area contributed by atoms with Gasteiger partial charge in [0.1, 0.15) is 18.1 Å². The van der Waals surface area contributed by atoms with Crippen molar-refractivity contribution in [2.45, 2.75) is 6.61 Å². The van der Waals surface area contributed by atoms with E-state index >= 15 is 0 Å². The van der Waals surface area contributed by atoms with E-state index in [4.69, 9.17) is 25.9 Å². The molecule has 2 aromatic carbocycles. The van der Waals surface area contributed by atoms with E-state index in [1.807, 2.05) is 0 Å². The van der Waals surface area contributed by atoms with Crippen LogP contribution in [0.25, 0.3) is 0 Å². The zero-order valence-corrected chi connectivity index (χ0v) is 14.2. The third kappa shape index (κ3) is 4.43. The van der Waals surface area contributed by atoms with Crippen molar-refractivity contribution >= 4 is 29.2 Å². The van der Waals surface area contributed by atoms with Crippen LogP contribution in [0, 0.1) is 0 Å². The first-order valence-corrected chi connectivity index (χ1v) is 8.01. The number of anilines is 1. The number of carbonyl (C=O) groups is 2. The Labute approximate surface area is 154 Å². The summed E-state index contributed by atoms with van der Waals surface area (Å²) in [6, 6.07) is 16.3. The summed E-state index contributed by atoms with van der Waals surface area (Å²) in [4.78, 5) is 23.0. The van der Waals surface area contributed by atoms with Gasteiger partial charge in [0.2, 0.25) is 5.76 Å². The summed E-state index contributed by atoms with van der Waals surface area (Å²) in [6.07, 6.45) is 0. The van der Waals surface area contributed by atoms with Gasteiger partial charge in [-0.05, 0) is 60.7 Å². The smallest absolute Gasteiger partial charge is 0.371 e. The second-order valence-electron chi connectivity index (χ2n) is 5.35. The van der Waals surface area contributed by atoms with Gasteiger partial charge in [-0.2, -0.15) is 0 Å². The minimum atomic E-state index is -1.13. The number of carbonyl (C=O) groups excluding carboxylic acids is 1. The molecule has 0 bridgehead atoms. The SMILES string of the molecule is O=C(Nc1ccc(Cl)cc1)c1ccc(OCc2ccc(C(=O)O)o2)cc1. The molecule has 132 valence electrons. The molecule has 2 N–H and O–H groups in total. The molecule has 0 aliphatic heterocycles.